The summed E-state index contributed by atoms with van der Waals surface area (Å²) in [6.45, 7) is 3.44. The van der Waals surface area contributed by atoms with Crippen LogP contribution in [-0.4, -0.2) is 32.3 Å². The van der Waals surface area contributed by atoms with Crippen molar-refractivity contribution in [3.63, 3.8) is 0 Å². The number of nitrogens with zero attached hydrogens (tertiary/aromatic N) is 3. The van der Waals surface area contributed by atoms with E-state index in [2.05, 4.69) is 38.2 Å². The van der Waals surface area contributed by atoms with Gasteiger partial charge in [0.1, 0.15) is 0 Å². The van der Waals surface area contributed by atoms with Gasteiger partial charge in [0.15, 0.2) is 10.9 Å². The predicted molar refractivity (Wildman–Crippen MR) is 51.9 cm³/mol. The first-order chi connectivity index (χ1) is 6.33. The fraction of sp³-hybridized carbons (Fsp3) is 0.667. The van der Waals surface area contributed by atoms with Gasteiger partial charge >= 0.3 is 0 Å². The Bertz CT molecular complexity index is 246. The Kier molecular flexibility index (Phi) is 4.10. The molecule has 1 aromatic rings. The molecule has 7 heteroatoms. The molecular weight excluding hydrogens is 188 g/mol. The fourth-order valence-corrected chi connectivity index (χ4v) is 0.892. The van der Waals surface area contributed by atoms with E-state index in [4.69, 9.17) is 12.2 Å². The highest BCUT2D eigenvalue weighted by Crippen LogP contribution is 1.81. The van der Waals surface area contributed by atoms with Crippen molar-refractivity contribution >= 4 is 17.3 Å². The average molecular weight is 200 g/mol. The first-order valence-corrected chi connectivity index (χ1v) is 4.47. The van der Waals surface area contributed by atoms with Gasteiger partial charge in [-0.2, -0.15) is 5.21 Å². The molecule has 0 saturated heterocycles. The average Bonchev–Trinajstić information content (AvgIpc) is 2.64. The van der Waals surface area contributed by atoms with E-state index in [1.165, 1.54) is 0 Å². The maximum absolute atomic E-state index is 4.98. The van der Waals surface area contributed by atoms with Crippen molar-refractivity contribution in [1.29, 1.82) is 0 Å². The molecule has 1 rings (SSSR count). The molecule has 6 nitrogen and oxygen atoms in total. The van der Waals surface area contributed by atoms with Gasteiger partial charge < -0.3 is 10.6 Å². The van der Waals surface area contributed by atoms with Crippen molar-refractivity contribution in [3.05, 3.63) is 5.82 Å². The molecule has 0 unspecified atom stereocenters. The first kappa shape index (κ1) is 9.85. The van der Waals surface area contributed by atoms with Crippen LogP contribution in [0.5, 0.6) is 0 Å². The Morgan fingerprint density at radius 1 is 1.54 bits per heavy atom. The standard InChI is InChI=1S/C6H12N6S/c1-2-3-7-6(13)8-4-5-9-11-12-10-5/h2-4H2,1H3,(H2,7,8,13)(H,9,10,11,12). The van der Waals surface area contributed by atoms with E-state index >= 15 is 0 Å². The lowest BCUT2D eigenvalue weighted by molar-refractivity contribution is 0.775. The van der Waals surface area contributed by atoms with Crippen LogP contribution < -0.4 is 10.6 Å². The minimum atomic E-state index is 0.492. The van der Waals surface area contributed by atoms with E-state index in [9.17, 15) is 0 Å². The third-order valence-corrected chi connectivity index (χ3v) is 1.62. The second-order valence-corrected chi connectivity index (χ2v) is 2.85. The minimum Gasteiger partial charge on any atom is -0.363 e. The van der Waals surface area contributed by atoms with Crippen molar-refractivity contribution in [1.82, 2.24) is 31.3 Å². The fourth-order valence-electron chi connectivity index (χ4n) is 0.718. The summed E-state index contributed by atoms with van der Waals surface area (Å²) in [4.78, 5) is 0. The van der Waals surface area contributed by atoms with Crippen molar-refractivity contribution in [3.8, 4) is 0 Å². The molecule has 0 aliphatic heterocycles. The molecule has 0 fully saturated rings. The smallest absolute Gasteiger partial charge is 0.193 e. The van der Waals surface area contributed by atoms with E-state index in [0.717, 1.165) is 13.0 Å². The molecule has 0 bridgehead atoms. The number of thiocarbonyl (C=S) groups is 1. The molecular formula is C6H12N6S. The van der Waals surface area contributed by atoms with E-state index in [-0.39, 0.29) is 0 Å². The molecule has 1 heterocycles. The Hall–Kier alpha value is -1.24. The number of hydrogen-bond acceptors (Lipinski definition) is 4. The van der Waals surface area contributed by atoms with Crippen molar-refractivity contribution < 1.29 is 0 Å². The number of tetrazole rings is 1. The Labute approximate surface area is 81.5 Å². The molecule has 0 aromatic carbocycles. The van der Waals surface area contributed by atoms with Gasteiger partial charge in [-0.05, 0) is 18.6 Å². The number of rotatable bonds is 4. The van der Waals surface area contributed by atoms with Gasteiger partial charge in [-0.25, -0.2) is 0 Å². The number of hydrogen-bond donors (Lipinski definition) is 3. The highest BCUT2D eigenvalue weighted by Gasteiger charge is 1.98. The van der Waals surface area contributed by atoms with Crippen molar-refractivity contribution in [2.75, 3.05) is 6.54 Å². The van der Waals surface area contributed by atoms with Crippen LogP contribution in [0.4, 0.5) is 0 Å². The summed E-state index contributed by atoms with van der Waals surface area (Å²) in [6.07, 6.45) is 1.05. The van der Waals surface area contributed by atoms with Gasteiger partial charge in [0.25, 0.3) is 0 Å². The van der Waals surface area contributed by atoms with Crippen LogP contribution in [0.3, 0.4) is 0 Å². The molecule has 0 amide bonds. The minimum absolute atomic E-state index is 0.492. The summed E-state index contributed by atoms with van der Waals surface area (Å²) < 4.78 is 0. The largest absolute Gasteiger partial charge is 0.363 e. The predicted octanol–water partition coefficient (Wildman–Crippen LogP) is -0.426. The summed E-state index contributed by atoms with van der Waals surface area (Å²) in [5.74, 6) is 0.598. The summed E-state index contributed by atoms with van der Waals surface area (Å²) >= 11 is 4.98. The quantitative estimate of drug-likeness (QED) is 0.573. The third kappa shape index (κ3) is 3.79. The lowest BCUT2D eigenvalue weighted by Crippen LogP contribution is -2.35. The number of H-pyrrole nitrogens is 1. The molecule has 0 saturated carbocycles. The molecule has 72 valence electrons. The van der Waals surface area contributed by atoms with Crippen molar-refractivity contribution in [2.45, 2.75) is 19.9 Å². The summed E-state index contributed by atoms with van der Waals surface area (Å²) in [6, 6.07) is 0. The summed E-state index contributed by atoms with van der Waals surface area (Å²) in [7, 11) is 0. The third-order valence-electron chi connectivity index (χ3n) is 1.33. The second-order valence-electron chi connectivity index (χ2n) is 2.44. The monoisotopic (exact) mass is 200 g/mol. The zero-order chi connectivity index (χ0) is 9.52. The molecule has 13 heavy (non-hydrogen) atoms. The zero-order valence-electron chi connectivity index (χ0n) is 7.37. The second kappa shape index (κ2) is 5.41. The van der Waals surface area contributed by atoms with Crippen LogP contribution in [0.15, 0.2) is 0 Å². The summed E-state index contributed by atoms with van der Waals surface area (Å²) in [5, 5.41) is 19.9. The van der Waals surface area contributed by atoms with Crippen LogP contribution in [0.1, 0.15) is 19.2 Å². The SMILES string of the molecule is CCCNC(=S)NCc1nn[nH]n1. The lowest BCUT2D eigenvalue weighted by Gasteiger charge is -2.06. The lowest BCUT2D eigenvalue weighted by atomic mass is 10.5. The number of nitrogens with one attached hydrogen (secondary N) is 3. The van der Waals surface area contributed by atoms with E-state index < -0.39 is 0 Å². The maximum Gasteiger partial charge on any atom is 0.193 e. The van der Waals surface area contributed by atoms with Gasteiger partial charge in [0.2, 0.25) is 0 Å². The van der Waals surface area contributed by atoms with E-state index in [0.29, 0.717) is 17.5 Å². The van der Waals surface area contributed by atoms with Gasteiger partial charge in [-0.1, -0.05) is 12.1 Å². The van der Waals surface area contributed by atoms with E-state index in [1.807, 2.05) is 0 Å². The van der Waals surface area contributed by atoms with E-state index in [1.54, 1.807) is 0 Å². The normalized spacial score (nSPS) is 9.62. The van der Waals surface area contributed by atoms with Crippen molar-refractivity contribution in [2.24, 2.45) is 0 Å². The van der Waals surface area contributed by atoms with Crippen LogP contribution in [0.25, 0.3) is 0 Å². The number of aromatic nitrogens is 4. The van der Waals surface area contributed by atoms with Gasteiger partial charge in [-0.3, -0.25) is 0 Å². The maximum atomic E-state index is 4.98. The Morgan fingerprint density at radius 2 is 2.38 bits per heavy atom. The molecule has 0 radical (unpaired) electrons. The molecule has 0 spiro atoms. The Morgan fingerprint density at radius 3 is 3.00 bits per heavy atom. The zero-order valence-corrected chi connectivity index (χ0v) is 8.19. The van der Waals surface area contributed by atoms with Gasteiger partial charge in [-0.15, -0.1) is 10.2 Å². The van der Waals surface area contributed by atoms with Crippen LogP contribution in [0.2, 0.25) is 0 Å². The van der Waals surface area contributed by atoms with Gasteiger partial charge in [0, 0.05) is 6.54 Å². The molecule has 0 aliphatic carbocycles. The van der Waals surface area contributed by atoms with Crippen LogP contribution in [-0.2, 0) is 6.54 Å². The highest BCUT2D eigenvalue weighted by atomic mass is 32.1. The van der Waals surface area contributed by atoms with Crippen LogP contribution in [0, 0.1) is 0 Å². The molecule has 3 N–H and O–H groups in total. The van der Waals surface area contributed by atoms with Gasteiger partial charge in [0.05, 0.1) is 6.54 Å². The summed E-state index contributed by atoms with van der Waals surface area (Å²) in [5.41, 5.74) is 0. The molecule has 0 atom stereocenters. The highest BCUT2D eigenvalue weighted by molar-refractivity contribution is 7.80. The molecule has 0 aliphatic rings. The van der Waals surface area contributed by atoms with Crippen LogP contribution >= 0.6 is 12.2 Å². The topological polar surface area (TPSA) is 78.5 Å². The molecule has 1 aromatic heterocycles. The number of aromatic amines is 1. The first-order valence-electron chi connectivity index (χ1n) is 4.07. The Balaban J connectivity index is 2.15.